The highest BCUT2D eigenvalue weighted by Crippen LogP contribution is 2.16. The topological polar surface area (TPSA) is 104 Å². The molecule has 1 aromatic carbocycles. The number of imidazole rings is 1. The van der Waals surface area contributed by atoms with Gasteiger partial charge in [0.2, 0.25) is 0 Å². The Morgan fingerprint density at radius 3 is 2.85 bits per heavy atom. The summed E-state index contributed by atoms with van der Waals surface area (Å²) in [6, 6.07) is 5.42. The summed E-state index contributed by atoms with van der Waals surface area (Å²) in [5, 5.41) is 2.72. The molecule has 0 radical (unpaired) electrons. The van der Waals surface area contributed by atoms with E-state index >= 15 is 0 Å². The number of hydrogen-bond donors (Lipinski definition) is 4. The Labute approximate surface area is 115 Å². The highest BCUT2D eigenvalue weighted by molar-refractivity contribution is 6.03. The Morgan fingerprint density at radius 2 is 2.25 bits per heavy atom. The molecule has 0 saturated carbocycles. The van der Waals surface area contributed by atoms with E-state index in [1.807, 2.05) is 13.0 Å². The van der Waals surface area contributed by atoms with Gasteiger partial charge in [0.25, 0.3) is 5.91 Å². The first-order chi connectivity index (χ1) is 9.60. The molecule has 0 spiro atoms. The molecule has 0 aliphatic heterocycles. The number of carbonyl (C=O) groups is 1. The van der Waals surface area contributed by atoms with Crippen LogP contribution in [0.25, 0.3) is 0 Å². The Bertz CT molecular complexity index is 746. The largest absolute Gasteiger partial charge is 0.323 e. The SMILES string of the molecule is Cc1cc(C#CCN)ccc1NC(=O)c1c[nH]c(=O)[nH]1. The number of aromatic nitrogens is 2. The van der Waals surface area contributed by atoms with Gasteiger partial charge in [-0.05, 0) is 30.7 Å². The first-order valence-electron chi connectivity index (χ1n) is 5.99. The van der Waals surface area contributed by atoms with Crippen LogP contribution in [0.1, 0.15) is 21.6 Å². The van der Waals surface area contributed by atoms with Crippen molar-refractivity contribution in [1.29, 1.82) is 0 Å². The molecule has 6 heteroatoms. The summed E-state index contributed by atoms with van der Waals surface area (Å²) in [7, 11) is 0. The van der Waals surface area contributed by atoms with Crippen LogP contribution in [0.15, 0.2) is 29.2 Å². The molecule has 1 amide bonds. The van der Waals surface area contributed by atoms with Crippen LogP contribution in [0.2, 0.25) is 0 Å². The van der Waals surface area contributed by atoms with Crippen molar-refractivity contribution in [3.05, 3.63) is 51.7 Å². The number of aryl methyl sites for hydroxylation is 1. The standard InChI is InChI=1S/C14H14N4O2/c1-9-7-10(3-2-6-15)4-5-11(9)17-13(19)12-8-16-14(20)18-12/h4-5,7-8H,6,15H2,1H3,(H,17,19)(H2,16,18,20). The Balaban J connectivity index is 2.18. The minimum Gasteiger partial charge on any atom is -0.320 e. The van der Waals surface area contributed by atoms with E-state index in [1.165, 1.54) is 6.20 Å². The quantitative estimate of drug-likeness (QED) is 0.600. The van der Waals surface area contributed by atoms with E-state index in [0.29, 0.717) is 12.2 Å². The molecule has 0 fully saturated rings. The maximum absolute atomic E-state index is 11.9. The second-order valence-corrected chi connectivity index (χ2v) is 4.15. The molecule has 1 heterocycles. The summed E-state index contributed by atoms with van der Waals surface area (Å²) in [6.07, 6.45) is 1.33. The zero-order chi connectivity index (χ0) is 14.5. The van der Waals surface area contributed by atoms with Crippen molar-refractivity contribution in [2.24, 2.45) is 5.73 Å². The van der Waals surface area contributed by atoms with Gasteiger partial charge in [-0.2, -0.15) is 0 Å². The van der Waals surface area contributed by atoms with Crippen molar-refractivity contribution >= 4 is 11.6 Å². The lowest BCUT2D eigenvalue weighted by Crippen LogP contribution is -2.14. The number of amides is 1. The molecule has 0 aliphatic carbocycles. The van der Waals surface area contributed by atoms with Gasteiger partial charge in [0.15, 0.2) is 0 Å². The molecule has 1 aromatic heterocycles. The second-order valence-electron chi connectivity index (χ2n) is 4.15. The van der Waals surface area contributed by atoms with Crippen molar-refractivity contribution in [2.45, 2.75) is 6.92 Å². The van der Waals surface area contributed by atoms with Crippen molar-refractivity contribution in [3.8, 4) is 11.8 Å². The number of nitrogens with one attached hydrogen (secondary N) is 3. The Hall–Kier alpha value is -2.78. The molecule has 102 valence electrons. The molecule has 0 saturated heterocycles. The normalized spacial score (nSPS) is 9.70. The van der Waals surface area contributed by atoms with Crippen molar-refractivity contribution in [1.82, 2.24) is 9.97 Å². The molecular weight excluding hydrogens is 256 g/mol. The third-order valence-electron chi connectivity index (χ3n) is 2.65. The van der Waals surface area contributed by atoms with E-state index in [-0.39, 0.29) is 11.6 Å². The minimum atomic E-state index is -0.417. The lowest BCUT2D eigenvalue weighted by Gasteiger charge is -2.07. The van der Waals surface area contributed by atoms with Gasteiger partial charge in [-0.1, -0.05) is 11.8 Å². The van der Waals surface area contributed by atoms with Crippen LogP contribution >= 0.6 is 0 Å². The lowest BCUT2D eigenvalue weighted by atomic mass is 10.1. The molecule has 2 aromatic rings. The number of anilines is 1. The molecule has 20 heavy (non-hydrogen) atoms. The van der Waals surface area contributed by atoms with Gasteiger partial charge in [0.05, 0.1) is 6.54 Å². The molecule has 2 rings (SSSR count). The van der Waals surface area contributed by atoms with Crippen molar-refractivity contribution < 1.29 is 4.79 Å². The highest BCUT2D eigenvalue weighted by Gasteiger charge is 2.09. The number of hydrogen-bond acceptors (Lipinski definition) is 3. The fraction of sp³-hybridized carbons (Fsp3) is 0.143. The molecular formula is C14H14N4O2. The van der Waals surface area contributed by atoms with Crippen LogP contribution in [0, 0.1) is 18.8 Å². The fourth-order valence-electron chi connectivity index (χ4n) is 1.68. The predicted molar refractivity (Wildman–Crippen MR) is 76.5 cm³/mol. The first kappa shape index (κ1) is 13.6. The molecule has 0 atom stereocenters. The van der Waals surface area contributed by atoms with Gasteiger partial charge in [-0.3, -0.25) is 4.79 Å². The molecule has 0 bridgehead atoms. The summed E-state index contributed by atoms with van der Waals surface area (Å²) in [4.78, 5) is 27.6. The second kappa shape index (κ2) is 5.91. The van der Waals surface area contributed by atoms with E-state index in [1.54, 1.807) is 12.1 Å². The van der Waals surface area contributed by atoms with Gasteiger partial charge >= 0.3 is 5.69 Å². The zero-order valence-electron chi connectivity index (χ0n) is 10.9. The lowest BCUT2D eigenvalue weighted by molar-refractivity contribution is 0.102. The maximum Gasteiger partial charge on any atom is 0.323 e. The van der Waals surface area contributed by atoms with Crippen LogP contribution in [-0.2, 0) is 0 Å². The van der Waals surface area contributed by atoms with Gasteiger partial charge in [-0.25, -0.2) is 4.79 Å². The Morgan fingerprint density at radius 1 is 1.45 bits per heavy atom. The number of nitrogens with two attached hydrogens (primary N) is 1. The van der Waals surface area contributed by atoms with E-state index < -0.39 is 5.69 Å². The monoisotopic (exact) mass is 270 g/mol. The average Bonchev–Trinajstić information content (AvgIpc) is 2.86. The predicted octanol–water partition coefficient (Wildman–Crippen LogP) is 0.574. The fourth-order valence-corrected chi connectivity index (χ4v) is 1.68. The van der Waals surface area contributed by atoms with Crippen LogP contribution in [0.4, 0.5) is 5.69 Å². The van der Waals surface area contributed by atoms with Crippen LogP contribution in [0.3, 0.4) is 0 Å². The van der Waals surface area contributed by atoms with Gasteiger partial charge in [0, 0.05) is 17.4 Å². The third kappa shape index (κ3) is 3.16. The van der Waals surface area contributed by atoms with Gasteiger partial charge < -0.3 is 21.0 Å². The summed E-state index contributed by atoms with van der Waals surface area (Å²) in [5.41, 5.74) is 7.45. The van der Waals surface area contributed by atoms with Gasteiger partial charge in [0.1, 0.15) is 5.69 Å². The summed E-state index contributed by atoms with van der Waals surface area (Å²) < 4.78 is 0. The summed E-state index contributed by atoms with van der Waals surface area (Å²) >= 11 is 0. The smallest absolute Gasteiger partial charge is 0.320 e. The Kier molecular flexibility index (Phi) is 4.03. The van der Waals surface area contributed by atoms with Crippen molar-refractivity contribution in [3.63, 3.8) is 0 Å². The number of carbonyl (C=O) groups excluding carboxylic acids is 1. The van der Waals surface area contributed by atoms with Crippen LogP contribution < -0.4 is 16.7 Å². The molecule has 0 unspecified atom stereocenters. The molecule has 5 N–H and O–H groups in total. The number of aromatic amines is 2. The van der Waals surface area contributed by atoms with E-state index in [4.69, 9.17) is 5.73 Å². The maximum atomic E-state index is 11.9. The number of benzene rings is 1. The number of H-pyrrole nitrogens is 2. The summed E-state index contributed by atoms with van der Waals surface area (Å²) in [6.45, 7) is 2.17. The van der Waals surface area contributed by atoms with E-state index in [0.717, 1.165) is 11.1 Å². The highest BCUT2D eigenvalue weighted by atomic mass is 16.2. The minimum absolute atomic E-state index is 0.182. The van der Waals surface area contributed by atoms with Crippen molar-refractivity contribution in [2.75, 3.05) is 11.9 Å². The van der Waals surface area contributed by atoms with E-state index in [9.17, 15) is 9.59 Å². The van der Waals surface area contributed by atoms with E-state index in [2.05, 4.69) is 27.1 Å². The first-order valence-corrected chi connectivity index (χ1v) is 5.99. The van der Waals surface area contributed by atoms with Gasteiger partial charge in [-0.15, -0.1) is 0 Å². The number of rotatable bonds is 2. The summed E-state index contributed by atoms with van der Waals surface area (Å²) in [5.74, 6) is 5.31. The molecule has 6 nitrogen and oxygen atoms in total. The van der Waals surface area contributed by atoms with Crippen LogP contribution in [0.5, 0.6) is 0 Å². The third-order valence-corrected chi connectivity index (χ3v) is 2.65. The average molecular weight is 270 g/mol. The van der Waals surface area contributed by atoms with Crippen LogP contribution in [-0.4, -0.2) is 22.4 Å². The molecule has 0 aliphatic rings. The zero-order valence-corrected chi connectivity index (χ0v) is 10.9.